The summed E-state index contributed by atoms with van der Waals surface area (Å²) in [7, 11) is 0. The quantitative estimate of drug-likeness (QED) is 0.551. The second-order valence-corrected chi connectivity index (χ2v) is 8.39. The van der Waals surface area contributed by atoms with Crippen LogP contribution < -0.4 is 0 Å². The number of hydrogen-bond acceptors (Lipinski definition) is 0. The third-order valence-corrected chi connectivity index (χ3v) is 8.64. The van der Waals surface area contributed by atoms with Crippen LogP contribution in [0.15, 0.2) is 0 Å². The summed E-state index contributed by atoms with van der Waals surface area (Å²) in [6.45, 7) is 0. The molecule has 0 N–H and O–H groups in total. The summed E-state index contributed by atoms with van der Waals surface area (Å²) in [4.78, 5) is 0. The van der Waals surface area contributed by atoms with Crippen LogP contribution >= 0.6 is 0 Å². The standard InChI is InChI=1S/C17H24/c1-3-8-9(4-1)15-12-7-13-16(14(8)12)10-5-2-6-11(10)17(13)15/h8-17H,1-7H2. The zero-order valence-corrected chi connectivity index (χ0v) is 10.7. The summed E-state index contributed by atoms with van der Waals surface area (Å²) < 4.78 is 0. The highest BCUT2D eigenvalue weighted by Crippen LogP contribution is 2.80. The van der Waals surface area contributed by atoms with Gasteiger partial charge in [-0.3, -0.25) is 0 Å². The lowest BCUT2D eigenvalue weighted by Crippen LogP contribution is -2.26. The van der Waals surface area contributed by atoms with Gasteiger partial charge in [-0.15, -0.1) is 0 Å². The topological polar surface area (TPSA) is 0 Å². The van der Waals surface area contributed by atoms with Crippen molar-refractivity contribution >= 4 is 0 Å². The minimum absolute atomic E-state index is 1.23. The van der Waals surface area contributed by atoms with Crippen molar-refractivity contribution in [3.8, 4) is 0 Å². The van der Waals surface area contributed by atoms with Crippen LogP contribution in [-0.2, 0) is 0 Å². The molecule has 0 heterocycles. The van der Waals surface area contributed by atoms with Gasteiger partial charge < -0.3 is 0 Å². The average molecular weight is 228 g/mol. The van der Waals surface area contributed by atoms with Crippen LogP contribution in [0.4, 0.5) is 0 Å². The first-order chi connectivity index (χ1) is 8.45. The highest BCUT2D eigenvalue weighted by atomic mass is 14.8. The fraction of sp³-hybridized carbons (Fsp3) is 1.00. The van der Waals surface area contributed by atoms with Crippen LogP contribution in [0.5, 0.6) is 0 Å². The van der Waals surface area contributed by atoms with Gasteiger partial charge in [0.15, 0.2) is 0 Å². The Labute approximate surface area is 105 Å². The second kappa shape index (κ2) is 2.63. The van der Waals surface area contributed by atoms with Crippen molar-refractivity contribution < 1.29 is 0 Å². The lowest BCUT2D eigenvalue weighted by molar-refractivity contribution is 0.167. The van der Waals surface area contributed by atoms with Gasteiger partial charge in [0.2, 0.25) is 0 Å². The van der Waals surface area contributed by atoms with Gasteiger partial charge in [0, 0.05) is 0 Å². The maximum Gasteiger partial charge on any atom is -0.0318 e. The van der Waals surface area contributed by atoms with Crippen LogP contribution in [0.3, 0.4) is 0 Å². The molecule has 0 nitrogen and oxygen atoms in total. The maximum atomic E-state index is 1.70. The molecule has 6 rings (SSSR count). The summed E-state index contributed by atoms with van der Waals surface area (Å²) in [5.41, 5.74) is 0. The SMILES string of the molecule is C1CC2C(C1)C1C3CC4C(C5CCCC5C41)C23. The Hall–Kier alpha value is 0. The molecule has 8 unspecified atom stereocenters. The van der Waals surface area contributed by atoms with Crippen LogP contribution in [0.1, 0.15) is 44.9 Å². The molecule has 0 radical (unpaired) electrons. The van der Waals surface area contributed by atoms with Crippen molar-refractivity contribution in [3.05, 3.63) is 0 Å². The van der Waals surface area contributed by atoms with Crippen molar-refractivity contribution in [1.29, 1.82) is 0 Å². The highest BCUT2D eigenvalue weighted by Gasteiger charge is 2.74. The van der Waals surface area contributed by atoms with E-state index >= 15 is 0 Å². The van der Waals surface area contributed by atoms with Crippen LogP contribution in [0.2, 0.25) is 0 Å². The van der Waals surface area contributed by atoms with Gasteiger partial charge in [0.05, 0.1) is 0 Å². The summed E-state index contributed by atoms with van der Waals surface area (Å²) in [5, 5.41) is 0. The monoisotopic (exact) mass is 228 g/mol. The lowest BCUT2D eigenvalue weighted by Gasteiger charge is -2.30. The zero-order chi connectivity index (χ0) is 10.7. The van der Waals surface area contributed by atoms with E-state index in [2.05, 4.69) is 0 Å². The van der Waals surface area contributed by atoms with Crippen LogP contribution in [0, 0.1) is 59.2 Å². The highest BCUT2D eigenvalue weighted by molar-refractivity contribution is 5.22. The van der Waals surface area contributed by atoms with E-state index in [0.717, 1.165) is 0 Å². The Morgan fingerprint density at radius 3 is 1.12 bits per heavy atom. The lowest BCUT2D eigenvalue weighted by atomic mass is 9.74. The van der Waals surface area contributed by atoms with Crippen molar-refractivity contribution in [2.45, 2.75) is 44.9 Å². The first-order valence-corrected chi connectivity index (χ1v) is 8.45. The molecule has 6 saturated carbocycles. The van der Waals surface area contributed by atoms with Crippen molar-refractivity contribution in [3.63, 3.8) is 0 Å². The largest absolute Gasteiger partial charge is 0.0527 e. The van der Waals surface area contributed by atoms with Gasteiger partial charge in [0.1, 0.15) is 0 Å². The van der Waals surface area contributed by atoms with Crippen molar-refractivity contribution in [1.82, 2.24) is 0 Å². The molecule has 6 aliphatic carbocycles. The van der Waals surface area contributed by atoms with Crippen molar-refractivity contribution in [2.75, 3.05) is 0 Å². The van der Waals surface area contributed by atoms with E-state index < -0.39 is 0 Å². The van der Waals surface area contributed by atoms with Gasteiger partial charge in [-0.05, 0) is 91.3 Å². The molecule has 0 amide bonds. The van der Waals surface area contributed by atoms with E-state index in [1.165, 1.54) is 59.2 Å². The van der Waals surface area contributed by atoms with E-state index in [0.29, 0.717) is 0 Å². The molecular formula is C17H24. The van der Waals surface area contributed by atoms with E-state index in [9.17, 15) is 0 Å². The third kappa shape index (κ3) is 0.766. The Kier molecular flexibility index (Phi) is 1.39. The number of rotatable bonds is 0. The summed E-state index contributed by atoms with van der Waals surface area (Å²) in [6, 6.07) is 0. The van der Waals surface area contributed by atoms with E-state index in [1.807, 2.05) is 0 Å². The van der Waals surface area contributed by atoms with Crippen molar-refractivity contribution in [2.24, 2.45) is 59.2 Å². The van der Waals surface area contributed by atoms with Gasteiger partial charge in [-0.25, -0.2) is 0 Å². The Bertz CT molecular complexity index is 317. The summed E-state index contributed by atoms with van der Waals surface area (Å²) >= 11 is 0. The van der Waals surface area contributed by atoms with E-state index in [1.54, 1.807) is 44.9 Å². The molecule has 0 aromatic rings. The second-order valence-electron chi connectivity index (χ2n) is 8.39. The molecule has 6 fully saturated rings. The van der Waals surface area contributed by atoms with Gasteiger partial charge in [-0.2, -0.15) is 0 Å². The third-order valence-electron chi connectivity index (χ3n) is 8.64. The van der Waals surface area contributed by atoms with Gasteiger partial charge >= 0.3 is 0 Å². The van der Waals surface area contributed by atoms with E-state index in [-0.39, 0.29) is 0 Å². The molecule has 0 heteroatoms. The molecule has 92 valence electrons. The minimum Gasteiger partial charge on any atom is -0.0527 e. The fourth-order valence-corrected chi connectivity index (χ4v) is 8.96. The van der Waals surface area contributed by atoms with Gasteiger partial charge in [0.25, 0.3) is 0 Å². The fourth-order valence-electron chi connectivity index (χ4n) is 8.96. The smallest absolute Gasteiger partial charge is 0.0318 e. The first kappa shape index (κ1) is 8.99. The summed E-state index contributed by atoms with van der Waals surface area (Å²) in [5.74, 6) is 12.4. The van der Waals surface area contributed by atoms with Gasteiger partial charge in [-0.1, -0.05) is 12.8 Å². The molecule has 0 saturated heterocycles. The van der Waals surface area contributed by atoms with Crippen LogP contribution in [-0.4, -0.2) is 0 Å². The normalized spacial score (nSPS) is 73.4. The number of hydrogen-bond donors (Lipinski definition) is 0. The zero-order valence-electron chi connectivity index (χ0n) is 10.7. The van der Waals surface area contributed by atoms with Crippen LogP contribution in [0.25, 0.3) is 0 Å². The average Bonchev–Trinajstić information content (AvgIpc) is 3.02. The molecule has 0 aromatic carbocycles. The molecule has 0 aliphatic heterocycles. The Morgan fingerprint density at radius 2 is 0.765 bits per heavy atom. The maximum absolute atomic E-state index is 1.70. The molecule has 6 aliphatic rings. The molecule has 0 spiro atoms. The molecular weight excluding hydrogens is 204 g/mol. The Morgan fingerprint density at radius 1 is 0.412 bits per heavy atom. The Balaban J connectivity index is 1.55. The molecule has 2 bridgehead atoms. The first-order valence-electron chi connectivity index (χ1n) is 8.45. The van der Waals surface area contributed by atoms with E-state index in [4.69, 9.17) is 0 Å². The molecule has 0 aromatic heterocycles. The minimum atomic E-state index is 1.23. The predicted molar refractivity (Wildman–Crippen MR) is 67.2 cm³/mol. The summed E-state index contributed by atoms with van der Waals surface area (Å²) in [6.07, 6.45) is 11.4. The predicted octanol–water partition coefficient (Wildman–Crippen LogP) is 3.96. The molecule has 17 heavy (non-hydrogen) atoms. The number of fused-ring (bicyclic) bond motifs is 8. The molecule has 8 atom stereocenters.